The fraction of sp³-hybridized carbons (Fsp3) is 0.633. The van der Waals surface area contributed by atoms with Gasteiger partial charge < -0.3 is 29.5 Å². The summed E-state index contributed by atoms with van der Waals surface area (Å²) in [7, 11) is -2.71. The zero-order valence-electron chi connectivity index (χ0n) is 26.5. The van der Waals surface area contributed by atoms with Crippen LogP contribution in [0.5, 0.6) is 0 Å². The Labute approximate surface area is 251 Å². The van der Waals surface area contributed by atoms with Crippen molar-refractivity contribution in [1.29, 1.82) is 5.26 Å². The average molecular weight is 596 g/mol. The van der Waals surface area contributed by atoms with Crippen molar-refractivity contribution in [3.05, 3.63) is 35.5 Å². The molecule has 3 heterocycles. The van der Waals surface area contributed by atoms with Crippen LogP contribution >= 0.6 is 0 Å². The zero-order chi connectivity index (χ0) is 31.1. The lowest BCUT2D eigenvalue weighted by atomic mass is 9.70. The molecule has 0 bridgehead atoms. The van der Waals surface area contributed by atoms with Crippen molar-refractivity contribution in [1.82, 2.24) is 9.78 Å². The first-order chi connectivity index (χ1) is 19.4. The van der Waals surface area contributed by atoms with Crippen LogP contribution in [0.2, 0.25) is 18.1 Å². The minimum absolute atomic E-state index is 0.00942. The molecule has 2 fully saturated rings. The standard InChI is InChI=1S/C30H46BN5O5Si/c1-28(2,3)42(8,9)41-30(6,7)23-14-21(10-11-24(23)31-39-18-29(4,5)19-40-31)34-27-22(26(33)37)16-36(35-27)25-17-38-13-12-20(25)15-32/h10-11,14,16,20,25H,12-13,17-19H2,1-9H3,(H2,33,37)(H,34,35)/t20-,25+/m0/s1. The van der Waals surface area contributed by atoms with Gasteiger partial charge in [0.25, 0.3) is 5.91 Å². The lowest BCUT2D eigenvalue weighted by Gasteiger charge is -2.44. The van der Waals surface area contributed by atoms with E-state index in [1.165, 1.54) is 0 Å². The van der Waals surface area contributed by atoms with Gasteiger partial charge in [0.2, 0.25) is 0 Å². The lowest BCUT2D eigenvalue weighted by Crippen LogP contribution is -2.52. The SMILES string of the molecule is CC1(C)COB(c2ccc(Nc3nn([C@@H]4COCC[C@H]4C#N)cc3C(N)=O)cc2C(C)(C)O[Si](C)(C)C(C)(C)C)OC1. The summed E-state index contributed by atoms with van der Waals surface area (Å²) < 4.78 is 26.6. The number of nitrogens with zero attached hydrogens (tertiary/aromatic N) is 3. The predicted molar refractivity (Wildman–Crippen MR) is 166 cm³/mol. The molecule has 1 amide bonds. The predicted octanol–water partition coefficient (Wildman–Crippen LogP) is 4.85. The minimum Gasteiger partial charge on any atom is -0.408 e. The molecule has 0 saturated carbocycles. The first-order valence-corrected chi connectivity index (χ1v) is 17.6. The van der Waals surface area contributed by atoms with E-state index in [9.17, 15) is 10.1 Å². The fourth-order valence-electron chi connectivity index (χ4n) is 5.18. The summed E-state index contributed by atoms with van der Waals surface area (Å²) in [5, 5.41) is 17.6. The molecule has 228 valence electrons. The quantitative estimate of drug-likeness (QED) is 0.414. The van der Waals surface area contributed by atoms with E-state index >= 15 is 0 Å². The number of amides is 1. The summed E-state index contributed by atoms with van der Waals surface area (Å²) in [6, 6.07) is 7.95. The molecule has 42 heavy (non-hydrogen) atoms. The maximum Gasteiger partial charge on any atom is 0.494 e. The Hall–Kier alpha value is -2.69. The number of primary amides is 1. The fourth-order valence-corrected chi connectivity index (χ4v) is 6.88. The van der Waals surface area contributed by atoms with E-state index in [2.05, 4.69) is 78.0 Å². The summed E-state index contributed by atoms with van der Waals surface area (Å²) in [6.07, 6.45) is 2.20. The van der Waals surface area contributed by atoms with Gasteiger partial charge in [-0.25, -0.2) is 0 Å². The Bertz CT molecular complexity index is 1340. The van der Waals surface area contributed by atoms with E-state index in [4.69, 9.17) is 24.2 Å². The van der Waals surface area contributed by atoms with Crippen LogP contribution in [0.4, 0.5) is 11.5 Å². The third kappa shape index (κ3) is 6.92. The number of nitriles is 1. The molecule has 3 N–H and O–H groups in total. The molecule has 2 atom stereocenters. The number of benzene rings is 1. The highest BCUT2D eigenvalue weighted by Crippen LogP contribution is 2.42. The molecule has 2 aliphatic heterocycles. The highest BCUT2D eigenvalue weighted by Gasteiger charge is 2.44. The van der Waals surface area contributed by atoms with Gasteiger partial charge in [0.15, 0.2) is 14.1 Å². The van der Waals surface area contributed by atoms with Crippen molar-refractivity contribution < 1.29 is 23.3 Å². The first kappa shape index (κ1) is 32.2. The largest absolute Gasteiger partial charge is 0.494 e. The molecule has 0 aliphatic carbocycles. The highest BCUT2D eigenvalue weighted by molar-refractivity contribution is 6.74. The Morgan fingerprint density at radius 1 is 1.24 bits per heavy atom. The van der Waals surface area contributed by atoms with Crippen LogP contribution in [0.25, 0.3) is 0 Å². The Morgan fingerprint density at radius 2 is 1.90 bits per heavy atom. The average Bonchev–Trinajstić information content (AvgIpc) is 3.31. The molecule has 1 aromatic heterocycles. The summed E-state index contributed by atoms with van der Waals surface area (Å²) in [4.78, 5) is 12.4. The first-order valence-electron chi connectivity index (χ1n) is 14.7. The Kier molecular flexibility index (Phi) is 9.03. The van der Waals surface area contributed by atoms with Gasteiger partial charge in [-0.2, -0.15) is 10.4 Å². The van der Waals surface area contributed by atoms with E-state index in [0.29, 0.717) is 44.4 Å². The van der Waals surface area contributed by atoms with Crippen molar-refractivity contribution in [2.75, 3.05) is 31.7 Å². The van der Waals surface area contributed by atoms with Gasteiger partial charge in [0.05, 0.1) is 30.2 Å². The zero-order valence-corrected chi connectivity index (χ0v) is 27.5. The van der Waals surface area contributed by atoms with Crippen LogP contribution in [-0.4, -0.2) is 57.6 Å². The lowest BCUT2D eigenvalue weighted by molar-refractivity contribution is 0.0334. The third-order valence-corrected chi connectivity index (χ3v) is 13.2. The maximum atomic E-state index is 12.4. The molecule has 2 saturated heterocycles. The molecule has 4 rings (SSSR count). The number of rotatable bonds is 8. The number of hydrogen-bond acceptors (Lipinski definition) is 8. The molecule has 1 aromatic carbocycles. The summed E-state index contributed by atoms with van der Waals surface area (Å²) >= 11 is 0. The molecule has 0 unspecified atom stereocenters. The van der Waals surface area contributed by atoms with Crippen LogP contribution in [0, 0.1) is 22.7 Å². The van der Waals surface area contributed by atoms with Gasteiger partial charge in [0, 0.05) is 37.1 Å². The monoisotopic (exact) mass is 595 g/mol. The van der Waals surface area contributed by atoms with Crippen LogP contribution in [0.15, 0.2) is 24.4 Å². The number of nitrogens with two attached hydrogens (primary N) is 1. The molecule has 0 radical (unpaired) electrons. The molecule has 2 aliphatic rings. The number of anilines is 2. The maximum absolute atomic E-state index is 12.4. The Balaban J connectivity index is 1.73. The van der Waals surface area contributed by atoms with Crippen LogP contribution in [0.1, 0.15) is 76.9 Å². The van der Waals surface area contributed by atoms with E-state index in [1.54, 1.807) is 10.9 Å². The Morgan fingerprint density at radius 3 is 2.50 bits per heavy atom. The molecule has 0 spiro atoms. The van der Waals surface area contributed by atoms with Crippen LogP contribution < -0.4 is 16.5 Å². The van der Waals surface area contributed by atoms with Crippen LogP contribution in [-0.2, 0) is 24.1 Å². The highest BCUT2D eigenvalue weighted by atomic mass is 28.4. The van der Waals surface area contributed by atoms with Crippen molar-refractivity contribution in [2.45, 2.75) is 84.7 Å². The molecule has 10 nitrogen and oxygen atoms in total. The van der Waals surface area contributed by atoms with E-state index in [-0.39, 0.29) is 28.0 Å². The number of carbonyl (C=O) groups is 1. The topological polar surface area (TPSA) is 134 Å². The van der Waals surface area contributed by atoms with E-state index < -0.39 is 26.9 Å². The molecule has 2 aromatic rings. The van der Waals surface area contributed by atoms with Crippen LogP contribution in [0.3, 0.4) is 0 Å². The number of aromatic nitrogens is 2. The third-order valence-electron chi connectivity index (χ3n) is 8.62. The second-order valence-electron chi connectivity index (χ2n) is 14.3. The summed E-state index contributed by atoms with van der Waals surface area (Å²) in [6.45, 7) is 21.6. The van der Waals surface area contributed by atoms with Gasteiger partial charge in [0.1, 0.15) is 5.56 Å². The van der Waals surface area contributed by atoms with Crippen molar-refractivity contribution in [3.63, 3.8) is 0 Å². The minimum atomic E-state index is -2.18. The van der Waals surface area contributed by atoms with Gasteiger partial charge >= 0.3 is 7.12 Å². The number of nitrogens with one attached hydrogen (secondary N) is 1. The number of carbonyl (C=O) groups excluding carboxylic acids is 1. The van der Waals surface area contributed by atoms with Crippen molar-refractivity contribution in [2.24, 2.45) is 17.1 Å². The summed E-state index contributed by atoms with van der Waals surface area (Å²) in [5.74, 6) is -0.565. The second kappa shape index (κ2) is 11.8. The second-order valence-corrected chi connectivity index (χ2v) is 19.0. The van der Waals surface area contributed by atoms with Gasteiger partial charge in [-0.15, -0.1) is 0 Å². The van der Waals surface area contributed by atoms with Gasteiger partial charge in [-0.3, -0.25) is 9.48 Å². The summed E-state index contributed by atoms with van der Waals surface area (Å²) in [5.41, 5.74) is 7.78. The number of ether oxygens (including phenoxy) is 1. The smallest absolute Gasteiger partial charge is 0.408 e. The van der Waals surface area contributed by atoms with E-state index in [0.717, 1.165) is 11.0 Å². The molecular weight excluding hydrogens is 549 g/mol. The van der Waals surface area contributed by atoms with Gasteiger partial charge in [-0.05, 0) is 61.6 Å². The number of hydrogen-bond donors (Lipinski definition) is 2. The van der Waals surface area contributed by atoms with Crippen molar-refractivity contribution >= 4 is 38.3 Å². The van der Waals surface area contributed by atoms with E-state index in [1.807, 2.05) is 18.2 Å². The van der Waals surface area contributed by atoms with Crippen molar-refractivity contribution in [3.8, 4) is 6.07 Å². The molecular formula is C30H46BN5O5Si. The van der Waals surface area contributed by atoms with Gasteiger partial charge in [-0.1, -0.05) is 40.7 Å². The molecule has 12 heteroatoms. The normalized spacial score (nSPS) is 21.6.